The summed E-state index contributed by atoms with van der Waals surface area (Å²) >= 11 is 0. The maximum Gasteiger partial charge on any atom is 0.290 e. The van der Waals surface area contributed by atoms with Crippen LogP contribution in [0.1, 0.15) is 28.9 Å². The number of carbonyl (C=O) groups excluding carboxylic acids is 1. The molecule has 8 nitrogen and oxygen atoms in total. The van der Waals surface area contributed by atoms with Gasteiger partial charge >= 0.3 is 0 Å². The van der Waals surface area contributed by atoms with E-state index in [2.05, 4.69) is 4.98 Å². The summed E-state index contributed by atoms with van der Waals surface area (Å²) in [5.41, 5.74) is 0.468. The van der Waals surface area contributed by atoms with E-state index >= 15 is 0 Å². The average molecular weight is 481 g/mol. The van der Waals surface area contributed by atoms with Crippen LogP contribution in [0.4, 0.5) is 18.9 Å². The minimum absolute atomic E-state index is 0.0153. The number of amides is 1. The van der Waals surface area contributed by atoms with Gasteiger partial charge in [-0.3, -0.25) is 19.4 Å². The highest BCUT2D eigenvalue weighted by Crippen LogP contribution is 2.50. The van der Waals surface area contributed by atoms with Gasteiger partial charge in [-0.2, -0.15) is 0 Å². The van der Waals surface area contributed by atoms with Crippen LogP contribution in [0.15, 0.2) is 42.6 Å². The number of likely N-dealkylation sites (tertiary alicyclic amines) is 1. The number of alkyl halides is 2. The molecule has 0 bridgehead atoms. The van der Waals surface area contributed by atoms with Crippen molar-refractivity contribution in [3.8, 4) is 0 Å². The van der Waals surface area contributed by atoms with Crippen LogP contribution in [-0.2, 0) is 9.59 Å². The molecule has 1 amide bonds. The molecule has 1 spiro atoms. The number of rotatable bonds is 2. The minimum atomic E-state index is -2.88. The summed E-state index contributed by atoms with van der Waals surface area (Å²) in [5.74, 6) is -3.54. The number of carboxylic acid groups (broad SMARTS) is 2. The number of halogens is 3. The van der Waals surface area contributed by atoms with Crippen LogP contribution < -0.4 is 4.90 Å². The van der Waals surface area contributed by atoms with E-state index < -0.39 is 17.2 Å². The second-order valence-electron chi connectivity index (χ2n) is 8.01. The summed E-state index contributed by atoms with van der Waals surface area (Å²) in [6.45, 7) is 1.83. The molecule has 1 aromatic heterocycles. The highest BCUT2D eigenvalue weighted by atomic mass is 19.3. The van der Waals surface area contributed by atoms with E-state index in [9.17, 15) is 18.0 Å². The van der Waals surface area contributed by atoms with Crippen molar-refractivity contribution >= 4 is 24.5 Å². The number of hydrogen-bond donors (Lipinski definition) is 2. The topological polar surface area (TPSA) is 111 Å². The average Bonchev–Trinajstić information content (AvgIpc) is 3.23. The standard InChI is InChI=1S/C21H22F3N3O.2CH2O2/c1-15-5-6-16(12-25-15)19(28)27-10-8-21(23,24)20(14-27)7-9-26(13-20)18-4-2-3-17(22)11-18;2*2-1-3/h2-6,11-12H,7-10,13-14H2,1H3;2*1H,(H,2,3). The Labute approximate surface area is 194 Å². The van der Waals surface area contributed by atoms with Gasteiger partial charge in [-0.05, 0) is 43.7 Å². The van der Waals surface area contributed by atoms with Gasteiger partial charge in [0.15, 0.2) is 0 Å². The molecule has 2 aliphatic heterocycles. The Hall–Kier alpha value is -3.63. The first-order chi connectivity index (χ1) is 16.1. The summed E-state index contributed by atoms with van der Waals surface area (Å²) in [7, 11) is 0. The summed E-state index contributed by atoms with van der Waals surface area (Å²) in [6, 6.07) is 9.42. The van der Waals surface area contributed by atoms with Crippen LogP contribution in [0, 0.1) is 18.2 Å². The SMILES string of the molecule is Cc1ccc(C(=O)N2CCC(F)(F)C3(CCN(c4cccc(F)c4)C3)C2)cn1.O=CO.O=CO. The van der Waals surface area contributed by atoms with Gasteiger partial charge in [0.1, 0.15) is 5.82 Å². The third-order valence-corrected chi connectivity index (χ3v) is 5.94. The molecule has 184 valence electrons. The van der Waals surface area contributed by atoms with Crippen LogP contribution in [0.2, 0.25) is 0 Å². The number of anilines is 1. The number of piperidine rings is 1. The molecule has 0 aliphatic carbocycles. The van der Waals surface area contributed by atoms with Crippen LogP contribution in [-0.4, -0.2) is 71.1 Å². The second kappa shape index (κ2) is 11.5. The van der Waals surface area contributed by atoms with Gasteiger partial charge in [0.05, 0.1) is 11.0 Å². The van der Waals surface area contributed by atoms with Crippen molar-refractivity contribution in [3.05, 3.63) is 59.7 Å². The maximum atomic E-state index is 15.0. The maximum absolute atomic E-state index is 15.0. The van der Waals surface area contributed by atoms with Gasteiger partial charge in [-0.1, -0.05) is 6.07 Å². The quantitative estimate of drug-likeness (QED) is 0.633. The number of nitrogens with zero attached hydrogens (tertiary/aromatic N) is 3. The Balaban J connectivity index is 0.000000618. The van der Waals surface area contributed by atoms with E-state index in [4.69, 9.17) is 19.8 Å². The molecule has 2 fully saturated rings. The van der Waals surface area contributed by atoms with E-state index in [0.717, 1.165) is 5.69 Å². The van der Waals surface area contributed by atoms with Gasteiger partial charge in [-0.15, -0.1) is 0 Å². The Bertz CT molecular complexity index is 984. The lowest BCUT2D eigenvalue weighted by Gasteiger charge is -2.46. The monoisotopic (exact) mass is 481 g/mol. The smallest absolute Gasteiger partial charge is 0.290 e. The highest BCUT2D eigenvalue weighted by Gasteiger charge is 2.60. The van der Waals surface area contributed by atoms with Crippen molar-refractivity contribution in [2.75, 3.05) is 31.1 Å². The molecule has 34 heavy (non-hydrogen) atoms. The molecule has 4 rings (SSSR count). The number of carbonyl (C=O) groups is 3. The largest absolute Gasteiger partial charge is 0.483 e. The molecular formula is C23H26F3N3O5. The van der Waals surface area contributed by atoms with Crippen LogP contribution >= 0.6 is 0 Å². The van der Waals surface area contributed by atoms with Crippen molar-refractivity contribution < 1.29 is 37.8 Å². The predicted molar refractivity (Wildman–Crippen MR) is 117 cm³/mol. The molecule has 11 heteroatoms. The fraction of sp³-hybridized carbons (Fsp3) is 0.391. The summed E-state index contributed by atoms with van der Waals surface area (Å²) in [4.78, 5) is 37.0. The Morgan fingerprint density at radius 1 is 1.06 bits per heavy atom. The third kappa shape index (κ3) is 6.03. The van der Waals surface area contributed by atoms with Crippen molar-refractivity contribution in [2.24, 2.45) is 5.41 Å². The molecule has 1 atom stereocenters. The number of aromatic nitrogens is 1. The lowest BCUT2D eigenvalue weighted by molar-refractivity contribution is -0.150. The molecular weight excluding hydrogens is 455 g/mol. The second-order valence-corrected chi connectivity index (χ2v) is 8.01. The fourth-order valence-electron chi connectivity index (χ4n) is 4.24. The Kier molecular flexibility index (Phi) is 8.99. The van der Waals surface area contributed by atoms with Crippen molar-refractivity contribution in [1.29, 1.82) is 0 Å². The third-order valence-electron chi connectivity index (χ3n) is 5.94. The number of aryl methyl sites for hydroxylation is 1. The lowest BCUT2D eigenvalue weighted by Crippen LogP contribution is -2.58. The first kappa shape index (κ1) is 26.6. The fourth-order valence-corrected chi connectivity index (χ4v) is 4.24. The zero-order valence-electron chi connectivity index (χ0n) is 18.5. The number of hydrogen-bond acceptors (Lipinski definition) is 5. The van der Waals surface area contributed by atoms with E-state index in [1.807, 2.05) is 6.92 Å². The molecule has 2 aromatic rings. The minimum Gasteiger partial charge on any atom is -0.483 e. The first-order valence-electron chi connectivity index (χ1n) is 10.4. The molecule has 1 unspecified atom stereocenters. The predicted octanol–water partition coefficient (Wildman–Crippen LogP) is 3.31. The Morgan fingerprint density at radius 2 is 1.74 bits per heavy atom. The molecule has 2 aliphatic rings. The van der Waals surface area contributed by atoms with Crippen molar-refractivity contribution in [2.45, 2.75) is 25.7 Å². The number of benzene rings is 1. The van der Waals surface area contributed by atoms with Crippen molar-refractivity contribution in [3.63, 3.8) is 0 Å². The first-order valence-corrected chi connectivity index (χ1v) is 10.4. The van der Waals surface area contributed by atoms with Gasteiger partial charge in [0.2, 0.25) is 0 Å². The van der Waals surface area contributed by atoms with Crippen LogP contribution in [0.3, 0.4) is 0 Å². The zero-order valence-corrected chi connectivity index (χ0v) is 18.5. The van der Waals surface area contributed by atoms with Crippen molar-refractivity contribution in [1.82, 2.24) is 9.88 Å². The van der Waals surface area contributed by atoms with Crippen LogP contribution in [0.5, 0.6) is 0 Å². The molecule has 0 radical (unpaired) electrons. The molecule has 2 saturated heterocycles. The van der Waals surface area contributed by atoms with Crippen LogP contribution in [0.25, 0.3) is 0 Å². The zero-order chi connectivity index (χ0) is 25.4. The highest BCUT2D eigenvalue weighted by molar-refractivity contribution is 5.94. The normalized spacial score (nSPS) is 20.5. The summed E-state index contributed by atoms with van der Waals surface area (Å²) < 4.78 is 43.5. The van der Waals surface area contributed by atoms with Gasteiger partial charge in [-0.25, -0.2) is 13.2 Å². The molecule has 3 heterocycles. The van der Waals surface area contributed by atoms with E-state index in [1.165, 1.54) is 23.2 Å². The number of pyridine rings is 1. The van der Waals surface area contributed by atoms with Gasteiger partial charge in [0.25, 0.3) is 24.8 Å². The summed E-state index contributed by atoms with van der Waals surface area (Å²) in [6.07, 6.45) is 1.38. The van der Waals surface area contributed by atoms with Gasteiger partial charge < -0.3 is 20.0 Å². The molecule has 1 aromatic carbocycles. The van der Waals surface area contributed by atoms with E-state index in [1.54, 1.807) is 29.2 Å². The van der Waals surface area contributed by atoms with E-state index in [0.29, 0.717) is 17.8 Å². The molecule has 2 N–H and O–H groups in total. The molecule has 0 saturated carbocycles. The Morgan fingerprint density at radius 3 is 2.32 bits per heavy atom. The van der Waals surface area contributed by atoms with Gasteiger partial charge in [0, 0.05) is 50.2 Å². The van der Waals surface area contributed by atoms with E-state index in [-0.39, 0.29) is 51.3 Å². The lowest BCUT2D eigenvalue weighted by atomic mass is 9.75. The summed E-state index contributed by atoms with van der Waals surface area (Å²) in [5, 5.41) is 13.8.